The number of anilines is 2. The molecular weight excluding hydrogens is 530 g/mol. The molecule has 10 heteroatoms. The number of halogens is 5. The summed E-state index contributed by atoms with van der Waals surface area (Å²) in [6.45, 7) is 3.67. The number of rotatable bonds is 6. The summed E-state index contributed by atoms with van der Waals surface area (Å²) in [5.41, 5.74) is 2.13. The molecule has 0 unspecified atom stereocenters. The first-order chi connectivity index (χ1) is 14.7. The maximum absolute atomic E-state index is 13.7. The summed E-state index contributed by atoms with van der Waals surface area (Å²) in [6.07, 6.45) is 2.56. The molecule has 3 N–H and O–H groups in total. The van der Waals surface area contributed by atoms with Crippen molar-refractivity contribution in [3.8, 4) is 0 Å². The topological polar surface area (TPSA) is 69.8 Å². The van der Waals surface area contributed by atoms with Crippen LogP contribution < -0.4 is 10.6 Å². The first kappa shape index (κ1) is 23.6. The zero-order chi connectivity index (χ0) is 22.7. The lowest BCUT2D eigenvalue weighted by Gasteiger charge is -2.08. The molecule has 0 fully saturated rings. The Balaban J connectivity index is 1.89. The van der Waals surface area contributed by atoms with Crippen molar-refractivity contribution >= 4 is 79.3 Å². The third-order valence-electron chi connectivity index (χ3n) is 4.20. The Hall–Kier alpha value is -2.06. The standard InChI is InChI=1S/C21H17BrCl3FN4O/c1-3-4-14(24)19(10(2)23)30-21-28-17-8-12(15(25)9-18(17)29-21)20(31)27-11-5-6-13(22)16(26)7-11/h4-9H,3H2,1-2H3,(H,27,31)(H2,28,29,30)/b14-4+,19-10-. The van der Waals surface area contributed by atoms with Crippen LogP contribution in [0.3, 0.4) is 0 Å². The van der Waals surface area contributed by atoms with Crippen molar-refractivity contribution < 1.29 is 9.18 Å². The van der Waals surface area contributed by atoms with Crippen molar-refractivity contribution in [3.05, 3.63) is 73.0 Å². The van der Waals surface area contributed by atoms with E-state index in [9.17, 15) is 9.18 Å². The Morgan fingerprint density at radius 2 is 2.00 bits per heavy atom. The number of allylic oxidation sites excluding steroid dienone is 3. The molecule has 0 aliphatic carbocycles. The molecule has 0 saturated carbocycles. The minimum absolute atomic E-state index is 0.198. The fourth-order valence-corrected chi connectivity index (χ4v) is 3.78. The van der Waals surface area contributed by atoms with Crippen LogP contribution in [0.5, 0.6) is 0 Å². The number of hydrogen-bond acceptors (Lipinski definition) is 3. The number of H-pyrrole nitrogens is 1. The monoisotopic (exact) mass is 544 g/mol. The SMILES string of the molecule is CC/C=C(Cl)\C(Nc1nc2cc(C(=O)Nc3ccc(Br)c(F)c3)c(Cl)cc2[nH]1)=C(/C)Cl. The van der Waals surface area contributed by atoms with Crippen LogP contribution in [0.25, 0.3) is 11.0 Å². The minimum atomic E-state index is -0.489. The van der Waals surface area contributed by atoms with Gasteiger partial charge in [-0.05, 0) is 59.6 Å². The Morgan fingerprint density at radius 1 is 1.26 bits per heavy atom. The third-order valence-corrected chi connectivity index (χ3v) is 5.69. The molecule has 0 saturated heterocycles. The zero-order valence-corrected chi connectivity index (χ0v) is 20.3. The van der Waals surface area contributed by atoms with Crippen molar-refractivity contribution in [1.82, 2.24) is 9.97 Å². The molecule has 0 aliphatic rings. The van der Waals surface area contributed by atoms with Crippen molar-refractivity contribution in [2.75, 3.05) is 10.6 Å². The van der Waals surface area contributed by atoms with E-state index in [0.717, 1.165) is 6.42 Å². The summed E-state index contributed by atoms with van der Waals surface area (Å²) in [4.78, 5) is 20.2. The van der Waals surface area contributed by atoms with E-state index in [1.54, 1.807) is 25.1 Å². The largest absolute Gasteiger partial charge is 0.324 e. The molecule has 1 amide bonds. The van der Waals surface area contributed by atoms with Gasteiger partial charge in [0.1, 0.15) is 5.82 Å². The Bertz CT molecular complexity index is 1220. The molecular formula is C21H17BrCl3FN4O. The molecule has 3 rings (SSSR count). The Morgan fingerprint density at radius 3 is 2.65 bits per heavy atom. The number of carbonyl (C=O) groups is 1. The second-order valence-corrected chi connectivity index (χ2v) is 8.75. The van der Waals surface area contributed by atoms with Crippen molar-refractivity contribution in [2.24, 2.45) is 0 Å². The predicted octanol–water partition coefficient (Wildman–Crippen LogP) is 7.79. The first-order valence-corrected chi connectivity index (χ1v) is 11.1. The van der Waals surface area contributed by atoms with Crippen molar-refractivity contribution in [2.45, 2.75) is 20.3 Å². The van der Waals surface area contributed by atoms with Crippen LogP contribution in [0.2, 0.25) is 5.02 Å². The van der Waals surface area contributed by atoms with Crippen LogP contribution in [0.4, 0.5) is 16.0 Å². The van der Waals surface area contributed by atoms with E-state index < -0.39 is 11.7 Å². The number of amides is 1. The van der Waals surface area contributed by atoms with Crippen LogP contribution in [0.1, 0.15) is 30.6 Å². The van der Waals surface area contributed by atoms with Gasteiger partial charge in [-0.3, -0.25) is 4.79 Å². The molecule has 2 aromatic carbocycles. The molecule has 0 aliphatic heterocycles. The lowest BCUT2D eigenvalue weighted by molar-refractivity contribution is 0.102. The summed E-state index contributed by atoms with van der Waals surface area (Å²) < 4.78 is 14.0. The summed E-state index contributed by atoms with van der Waals surface area (Å²) >= 11 is 21.8. The number of imidazole rings is 1. The van der Waals surface area contributed by atoms with Crippen molar-refractivity contribution in [3.63, 3.8) is 0 Å². The van der Waals surface area contributed by atoms with E-state index >= 15 is 0 Å². The predicted molar refractivity (Wildman–Crippen MR) is 130 cm³/mol. The Labute approximate surface area is 201 Å². The average Bonchev–Trinajstić information content (AvgIpc) is 3.09. The minimum Gasteiger partial charge on any atom is -0.324 e. The number of carbonyl (C=O) groups excluding carboxylic acids is 1. The third kappa shape index (κ3) is 5.60. The van der Waals surface area contributed by atoms with Crippen LogP contribution in [0, 0.1) is 5.82 Å². The first-order valence-electron chi connectivity index (χ1n) is 9.14. The highest BCUT2D eigenvalue weighted by atomic mass is 79.9. The molecule has 1 heterocycles. The molecule has 0 spiro atoms. The summed E-state index contributed by atoms with van der Waals surface area (Å²) in [6, 6.07) is 7.42. The van der Waals surface area contributed by atoms with Crippen LogP contribution >= 0.6 is 50.7 Å². The molecule has 5 nitrogen and oxygen atoms in total. The van der Waals surface area contributed by atoms with Gasteiger partial charge in [-0.15, -0.1) is 0 Å². The quantitative estimate of drug-likeness (QED) is 0.277. The van der Waals surface area contributed by atoms with Crippen LogP contribution in [0.15, 0.2) is 56.6 Å². The maximum Gasteiger partial charge on any atom is 0.257 e. The number of hydrogen-bond donors (Lipinski definition) is 3. The highest BCUT2D eigenvalue weighted by molar-refractivity contribution is 9.10. The van der Waals surface area contributed by atoms with Gasteiger partial charge < -0.3 is 15.6 Å². The molecule has 0 bridgehead atoms. The van der Waals surface area contributed by atoms with Gasteiger partial charge in [0, 0.05) is 10.7 Å². The van der Waals surface area contributed by atoms with Gasteiger partial charge in [0.2, 0.25) is 5.95 Å². The average molecular weight is 547 g/mol. The van der Waals surface area contributed by atoms with E-state index in [1.165, 1.54) is 12.1 Å². The summed E-state index contributed by atoms with van der Waals surface area (Å²) in [7, 11) is 0. The van der Waals surface area contributed by atoms with E-state index in [4.69, 9.17) is 34.8 Å². The normalized spacial score (nSPS) is 12.7. The highest BCUT2D eigenvalue weighted by Crippen LogP contribution is 2.28. The Kier molecular flexibility index (Phi) is 7.64. The number of benzene rings is 2. The second-order valence-electron chi connectivity index (χ2n) is 6.51. The smallest absolute Gasteiger partial charge is 0.257 e. The molecule has 3 aromatic rings. The second kappa shape index (κ2) is 10.0. The van der Waals surface area contributed by atoms with Crippen molar-refractivity contribution in [1.29, 1.82) is 0 Å². The van der Waals surface area contributed by atoms with Gasteiger partial charge in [0.05, 0.1) is 36.8 Å². The van der Waals surface area contributed by atoms with Crippen LogP contribution in [-0.2, 0) is 0 Å². The number of aromatic nitrogens is 2. The van der Waals surface area contributed by atoms with E-state index in [-0.39, 0.29) is 10.6 Å². The zero-order valence-electron chi connectivity index (χ0n) is 16.4. The van der Waals surface area contributed by atoms with Gasteiger partial charge in [0.15, 0.2) is 0 Å². The van der Waals surface area contributed by atoms with Gasteiger partial charge in [-0.25, -0.2) is 9.37 Å². The fourth-order valence-electron chi connectivity index (χ4n) is 2.75. The number of aromatic amines is 1. The lowest BCUT2D eigenvalue weighted by Crippen LogP contribution is -2.12. The lowest BCUT2D eigenvalue weighted by atomic mass is 10.1. The molecule has 31 heavy (non-hydrogen) atoms. The van der Waals surface area contributed by atoms with Gasteiger partial charge >= 0.3 is 0 Å². The highest BCUT2D eigenvalue weighted by Gasteiger charge is 2.16. The summed E-state index contributed by atoms with van der Waals surface area (Å²) in [5.74, 6) is -0.593. The molecule has 0 atom stereocenters. The molecule has 1 aromatic heterocycles. The fraction of sp³-hybridized carbons (Fsp3) is 0.143. The van der Waals surface area contributed by atoms with E-state index in [0.29, 0.717) is 42.9 Å². The number of fused-ring (bicyclic) bond motifs is 1. The van der Waals surface area contributed by atoms with E-state index in [1.807, 2.05) is 13.0 Å². The van der Waals surface area contributed by atoms with Gasteiger partial charge in [-0.2, -0.15) is 0 Å². The van der Waals surface area contributed by atoms with Gasteiger partial charge in [0.25, 0.3) is 5.91 Å². The van der Waals surface area contributed by atoms with E-state index in [2.05, 4.69) is 36.5 Å². The van der Waals surface area contributed by atoms with Crippen LogP contribution in [-0.4, -0.2) is 15.9 Å². The summed E-state index contributed by atoms with van der Waals surface area (Å²) in [5, 5.41) is 6.84. The number of nitrogens with one attached hydrogen (secondary N) is 3. The van der Waals surface area contributed by atoms with Gasteiger partial charge in [-0.1, -0.05) is 47.8 Å². The molecule has 162 valence electrons. The number of nitrogens with zero attached hydrogens (tertiary/aromatic N) is 1. The molecule has 0 radical (unpaired) electrons. The maximum atomic E-state index is 13.7.